The number of rotatable bonds is 2. The van der Waals surface area contributed by atoms with Gasteiger partial charge in [-0.25, -0.2) is 0 Å². The molecule has 2 aliphatic heterocycles. The number of carbonyl (C=O) groups is 1. The zero-order valence-corrected chi connectivity index (χ0v) is 10.9. The van der Waals surface area contributed by atoms with E-state index in [1.165, 1.54) is 0 Å². The standard InChI is InChI=1S/C13H24N2O2/c1-13(2)9-15(7-11(13)8-16)12(17)10-3-5-14-6-4-10/h10-11,14,16H,3-9H2,1-2H3. The predicted octanol–water partition coefficient (Wildman–Crippen LogP) is 0.463. The molecule has 0 aliphatic carbocycles. The van der Waals surface area contributed by atoms with Crippen molar-refractivity contribution >= 4 is 5.91 Å². The maximum Gasteiger partial charge on any atom is 0.225 e. The van der Waals surface area contributed by atoms with E-state index in [9.17, 15) is 9.90 Å². The summed E-state index contributed by atoms with van der Waals surface area (Å²) in [5.74, 6) is 0.730. The zero-order chi connectivity index (χ0) is 12.5. The van der Waals surface area contributed by atoms with Crippen LogP contribution in [0.3, 0.4) is 0 Å². The van der Waals surface area contributed by atoms with E-state index in [0.717, 1.165) is 39.0 Å². The number of piperidine rings is 1. The number of hydrogen-bond donors (Lipinski definition) is 2. The van der Waals surface area contributed by atoms with Gasteiger partial charge < -0.3 is 15.3 Å². The summed E-state index contributed by atoms with van der Waals surface area (Å²) < 4.78 is 0. The van der Waals surface area contributed by atoms with Gasteiger partial charge in [-0.3, -0.25) is 4.79 Å². The summed E-state index contributed by atoms with van der Waals surface area (Å²) in [6.45, 7) is 7.90. The smallest absolute Gasteiger partial charge is 0.225 e. The molecule has 0 aromatic rings. The molecule has 98 valence electrons. The van der Waals surface area contributed by atoms with E-state index >= 15 is 0 Å². The van der Waals surface area contributed by atoms with Crippen LogP contribution in [0, 0.1) is 17.3 Å². The van der Waals surface area contributed by atoms with Crippen LogP contribution in [0.15, 0.2) is 0 Å². The molecular formula is C13H24N2O2. The number of nitrogens with zero attached hydrogens (tertiary/aromatic N) is 1. The lowest BCUT2D eigenvalue weighted by Crippen LogP contribution is -2.40. The van der Waals surface area contributed by atoms with E-state index in [2.05, 4.69) is 19.2 Å². The molecule has 1 amide bonds. The summed E-state index contributed by atoms with van der Waals surface area (Å²) in [6, 6.07) is 0. The van der Waals surface area contributed by atoms with Gasteiger partial charge >= 0.3 is 0 Å². The molecule has 0 spiro atoms. The quantitative estimate of drug-likeness (QED) is 0.737. The molecule has 0 aromatic carbocycles. The molecule has 1 atom stereocenters. The monoisotopic (exact) mass is 240 g/mol. The number of likely N-dealkylation sites (tertiary alicyclic amines) is 1. The van der Waals surface area contributed by atoms with Gasteiger partial charge in [-0.2, -0.15) is 0 Å². The Morgan fingerprint density at radius 3 is 2.59 bits per heavy atom. The van der Waals surface area contributed by atoms with E-state index in [-0.39, 0.29) is 23.9 Å². The number of carbonyl (C=O) groups excluding carboxylic acids is 1. The summed E-state index contributed by atoms with van der Waals surface area (Å²) >= 11 is 0. The number of aliphatic hydroxyl groups is 1. The van der Waals surface area contributed by atoms with Gasteiger partial charge in [0.1, 0.15) is 0 Å². The van der Waals surface area contributed by atoms with E-state index in [1.807, 2.05) is 4.90 Å². The fraction of sp³-hybridized carbons (Fsp3) is 0.923. The van der Waals surface area contributed by atoms with Crippen LogP contribution in [-0.4, -0.2) is 48.7 Å². The van der Waals surface area contributed by atoms with Gasteiger partial charge in [0.25, 0.3) is 0 Å². The first-order valence-electron chi connectivity index (χ1n) is 6.65. The van der Waals surface area contributed by atoms with Crippen molar-refractivity contribution in [3.63, 3.8) is 0 Å². The molecule has 2 heterocycles. The molecule has 2 fully saturated rings. The Labute approximate surface area is 103 Å². The summed E-state index contributed by atoms with van der Waals surface area (Å²) in [5.41, 5.74) is 0.0529. The third-order valence-corrected chi connectivity index (χ3v) is 4.36. The van der Waals surface area contributed by atoms with Gasteiger partial charge in [-0.15, -0.1) is 0 Å². The van der Waals surface area contributed by atoms with Crippen LogP contribution in [0.25, 0.3) is 0 Å². The Kier molecular flexibility index (Phi) is 3.73. The molecule has 2 rings (SSSR count). The summed E-state index contributed by atoms with van der Waals surface area (Å²) in [6.07, 6.45) is 1.92. The maximum absolute atomic E-state index is 12.4. The second kappa shape index (κ2) is 4.94. The largest absolute Gasteiger partial charge is 0.396 e. The molecule has 4 nitrogen and oxygen atoms in total. The third kappa shape index (κ3) is 2.63. The Bertz CT molecular complexity index is 285. The van der Waals surface area contributed by atoms with E-state index in [1.54, 1.807) is 0 Å². The second-order valence-electron chi connectivity index (χ2n) is 6.11. The minimum atomic E-state index is 0.0529. The topological polar surface area (TPSA) is 52.6 Å². The van der Waals surface area contributed by atoms with Crippen molar-refractivity contribution in [3.8, 4) is 0 Å². The van der Waals surface area contributed by atoms with Gasteiger partial charge in [0, 0.05) is 31.5 Å². The van der Waals surface area contributed by atoms with Gasteiger partial charge in [-0.05, 0) is 31.3 Å². The molecule has 2 N–H and O–H groups in total. The van der Waals surface area contributed by atoms with Crippen molar-refractivity contribution < 1.29 is 9.90 Å². The molecule has 1 unspecified atom stereocenters. The van der Waals surface area contributed by atoms with Crippen molar-refractivity contribution in [2.24, 2.45) is 17.3 Å². The molecule has 2 saturated heterocycles. The van der Waals surface area contributed by atoms with E-state index in [4.69, 9.17) is 0 Å². The highest BCUT2D eigenvalue weighted by atomic mass is 16.3. The Morgan fingerprint density at radius 1 is 1.41 bits per heavy atom. The van der Waals surface area contributed by atoms with Crippen LogP contribution in [0.1, 0.15) is 26.7 Å². The minimum absolute atomic E-state index is 0.0529. The molecule has 0 bridgehead atoms. The fourth-order valence-electron chi connectivity index (χ4n) is 3.00. The van der Waals surface area contributed by atoms with Crippen LogP contribution in [0.5, 0.6) is 0 Å². The minimum Gasteiger partial charge on any atom is -0.396 e. The predicted molar refractivity (Wildman–Crippen MR) is 66.5 cm³/mol. The molecule has 17 heavy (non-hydrogen) atoms. The molecular weight excluding hydrogens is 216 g/mol. The first-order valence-corrected chi connectivity index (χ1v) is 6.65. The van der Waals surface area contributed by atoms with Crippen molar-refractivity contribution in [3.05, 3.63) is 0 Å². The zero-order valence-electron chi connectivity index (χ0n) is 10.9. The van der Waals surface area contributed by atoms with Crippen LogP contribution in [-0.2, 0) is 4.79 Å². The fourth-order valence-corrected chi connectivity index (χ4v) is 3.00. The van der Waals surface area contributed by atoms with Gasteiger partial charge in [-0.1, -0.05) is 13.8 Å². The van der Waals surface area contributed by atoms with E-state index in [0.29, 0.717) is 5.91 Å². The van der Waals surface area contributed by atoms with Crippen LogP contribution in [0.4, 0.5) is 0 Å². The van der Waals surface area contributed by atoms with Crippen molar-refractivity contribution in [2.75, 3.05) is 32.8 Å². The SMILES string of the molecule is CC1(C)CN(C(=O)C2CCNCC2)CC1CO. The Balaban J connectivity index is 1.97. The molecule has 0 aromatic heterocycles. The number of amides is 1. The maximum atomic E-state index is 12.4. The van der Waals surface area contributed by atoms with Gasteiger partial charge in [0.05, 0.1) is 0 Å². The summed E-state index contributed by atoms with van der Waals surface area (Å²) in [5, 5.41) is 12.6. The van der Waals surface area contributed by atoms with Crippen LogP contribution < -0.4 is 5.32 Å². The molecule has 0 saturated carbocycles. The Morgan fingerprint density at radius 2 is 2.06 bits per heavy atom. The highest BCUT2D eigenvalue weighted by Gasteiger charge is 2.42. The number of aliphatic hydroxyl groups excluding tert-OH is 1. The van der Waals surface area contributed by atoms with Gasteiger partial charge in [0.2, 0.25) is 5.91 Å². The first kappa shape index (κ1) is 12.8. The third-order valence-electron chi connectivity index (χ3n) is 4.36. The molecule has 0 radical (unpaired) electrons. The first-order chi connectivity index (χ1) is 8.04. The molecule has 4 heteroatoms. The average Bonchev–Trinajstić information content (AvgIpc) is 2.64. The lowest BCUT2D eigenvalue weighted by molar-refractivity contribution is -0.135. The van der Waals surface area contributed by atoms with Crippen molar-refractivity contribution in [2.45, 2.75) is 26.7 Å². The summed E-state index contributed by atoms with van der Waals surface area (Å²) in [7, 11) is 0. The lowest BCUT2D eigenvalue weighted by atomic mass is 9.83. The lowest BCUT2D eigenvalue weighted by Gasteiger charge is -2.27. The van der Waals surface area contributed by atoms with Crippen LogP contribution in [0.2, 0.25) is 0 Å². The van der Waals surface area contributed by atoms with Gasteiger partial charge in [0.15, 0.2) is 0 Å². The highest BCUT2D eigenvalue weighted by molar-refractivity contribution is 5.79. The van der Waals surface area contributed by atoms with Crippen molar-refractivity contribution in [1.82, 2.24) is 10.2 Å². The Hall–Kier alpha value is -0.610. The second-order valence-corrected chi connectivity index (χ2v) is 6.11. The van der Waals surface area contributed by atoms with E-state index < -0.39 is 0 Å². The van der Waals surface area contributed by atoms with Crippen LogP contribution >= 0.6 is 0 Å². The number of nitrogens with one attached hydrogen (secondary N) is 1. The van der Waals surface area contributed by atoms with Crippen molar-refractivity contribution in [1.29, 1.82) is 0 Å². The molecule has 2 aliphatic rings. The highest BCUT2D eigenvalue weighted by Crippen LogP contribution is 2.35. The number of hydrogen-bond acceptors (Lipinski definition) is 3. The average molecular weight is 240 g/mol. The normalized spacial score (nSPS) is 29.6. The summed E-state index contributed by atoms with van der Waals surface area (Å²) in [4.78, 5) is 14.3.